The molecular formula is C26H26FN3S. The molecular weight excluding hydrogens is 405 g/mol. The second-order valence-corrected chi connectivity index (χ2v) is 9.88. The Morgan fingerprint density at radius 2 is 1.84 bits per heavy atom. The summed E-state index contributed by atoms with van der Waals surface area (Å²) in [5, 5.41) is 3.79. The average molecular weight is 432 g/mol. The molecule has 0 unspecified atom stereocenters. The molecule has 3 heterocycles. The maximum atomic E-state index is 13.7. The van der Waals surface area contributed by atoms with Gasteiger partial charge in [0.1, 0.15) is 5.82 Å². The van der Waals surface area contributed by atoms with Crippen LogP contribution in [0.2, 0.25) is 0 Å². The van der Waals surface area contributed by atoms with Crippen LogP contribution in [0.1, 0.15) is 18.4 Å². The standard InChI is InChI=1S/C26H26FN3S/c27-21-7-8-23-22(16-21)20(17-28-23)15-18-9-11-29(12-10-18)13-14-30-24-5-1-3-19-4-2-6-25(31-30)26(19)24/h1-8,16-18,28H,9-15H2. The third-order valence-electron chi connectivity index (χ3n) is 6.89. The molecule has 1 fully saturated rings. The van der Waals surface area contributed by atoms with E-state index in [4.69, 9.17) is 0 Å². The minimum absolute atomic E-state index is 0.152. The molecule has 0 atom stereocenters. The van der Waals surface area contributed by atoms with Gasteiger partial charge in [0.15, 0.2) is 0 Å². The average Bonchev–Trinajstić information content (AvgIpc) is 3.36. The molecule has 6 rings (SSSR count). The highest BCUT2D eigenvalue weighted by Crippen LogP contribution is 2.45. The minimum atomic E-state index is -0.152. The fourth-order valence-electron chi connectivity index (χ4n) is 5.18. The molecule has 0 amide bonds. The number of likely N-dealkylation sites (tertiary alicyclic amines) is 1. The zero-order valence-corrected chi connectivity index (χ0v) is 18.3. The molecule has 3 aromatic carbocycles. The molecule has 1 aromatic heterocycles. The lowest BCUT2D eigenvalue weighted by Gasteiger charge is -2.33. The van der Waals surface area contributed by atoms with Gasteiger partial charge in [0.05, 0.1) is 5.69 Å². The molecule has 3 nitrogen and oxygen atoms in total. The van der Waals surface area contributed by atoms with Gasteiger partial charge < -0.3 is 14.2 Å². The van der Waals surface area contributed by atoms with Crippen LogP contribution in [-0.2, 0) is 6.42 Å². The van der Waals surface area contributed by atoms with Gasteiger partial charge in [-0.3, -0.25) is 0 Å². The van der Waals surface area contributed by atoms with Crippen LogP contribution < -0.4 is 4.31 Å². The molecule has 0 bridgehead atoms. The lowest BCUT2D eigenvalue weighted by atomic mass is 9.90. The fraction of sp³-hybridized carbons (Fsp3) is 0.308. The molecule has 0 radical (unpaired) electrons. The van der Waals surface area contributed by atoms with E-state index in [0.29, 0.717) is 5.92 Å². The largest absolute Gasteiger partial charge is 0.361 e. The van der Waals surface area contributed by atoms with Gasteiger partial charge in [-0.1, -0.05) is 24.3 Å². The molecule has 158 valence electrons. The first-order valence-electron chi connectivity index (χ1n) is 11.2. The maximum absolute atomic E-state index is 13.7. The van der Waals surface area contributed by atoms with Crippen molar-refractivity contribution in [3.63, 3.8) is 0 Å². The molecule has 1 saturated heterocycles. The molecule has 1 N–H and O–H groups in total. The van der Waals surface area contributed by atoms with Crippen molar-refractivity contribution in [2.24, 2.45) is 5.92 Å². The quantitative estimate of drug-likeness (QED) is 0.378. The van der Waals surface area contributed by atoms with Crippen LogP contribution in [0.3, 0.4) is 0 Å². The highest BCUT2D eigenvalue weighted by molar-refractivity contribution is 8.01. The van der Waals surface area contributed by atoms with Crippen molar-refractivity contribution in [2.75, 3.05) is 30.5 Å². The normalized spacial score (nSPS) is 17.3. The number of halogens is 1. The molecule has 31 heavy (non-hydrogen) atoms. The fourth-order valence-corrected chi connectivity index (χ4v) is 6.30. The summed E-state index contributed by atoms with van der Waals surface area (Å²) in [6, 6.07) is 18.3. The zero-order valence-electron chi connectivity index (χ0n) is 17.5. The van der Waals surface area contributed by atoms with E-state index in [1.807, 2.05) is 18.0 Å². The number of anilines is 1. The summed E-state index contributed by atoms with van der Waals surface area (Å²) in [7, 11) is 0. The van der Waals surface area contributed by atoms with Gasteiger partial charge >= 0.3 is 0 Å². The first kappa shape index (κ1) is 19.2. The van der Waals surface area contributed by atoms with Gasteiger partial charge in [0.2, 0.25) is 0 Å². The van der Waals surface area contributed by atoms with Gasteiger partial charge in [0.25, 0.3) is 0 Å². The minimum Gasteiger partial charge on any atom is -0.361 e. The van der Waals surface area contributed by atoms with Crippen molar-refractivity contribution < 1.29 is 4.39 Å². The molecule has 2 aliphatic rings. The first-order chi connectivity index (χ1) is 15.2. The number of piperidine rings is 1. The molecule has 2 aliphatic heterocycles. The van der Waals surface area contributed by atoms with E-state index in [-0.39, 0.29) is 5.82 Å². The number of H-pyrrole nitrogens is 1. The second kappa shape index (κ2) is 7.88. The van der Waals surface area contributed by atoms with Crippen LogP contribution in [0.25, 0.3) is 21.7 Å². The molecule has 0 spiro atoms. The molecule has 0 aliphatic carbocycles. The highest BCUT2D eigenvalue weighted by atomic mass is 32.2. The van der Waals surface area contributed by atoms with Crippen LogP contribution in [-0.4, -0.2) is 36.1 Å². The van der Waals surface area contributed by atoms with Gasteiger partial charge in [-0.25, -0.2) is 4.39 Å². The summed E-state index contributed by atoms with van der Waals surface area (Å²) >= 11 is 1.88. The van der Waals surface area contributed by atoms with E-state index in [1.54, 1.807) is 6.07 Å². The Labute approximate surface area is 186 Å². The summed E-state index contributed by atoms with van der Waals surface area (Å²) < 4.78 is 16.1. The predicted octanol–water partition coefficient (Wildman–Crippen LogP) is 6.24. The summed E-state index contributed by atoms with van der Waals surface area (Å²) in [6.07, 6.45) is 5.53. The number of nitrogens with one attached hydrogen (secondary N) is 1. The number of nitrogens with zero attached hydrogens (tertiary/aromatic N) is 2. The van der Waals surface area contributed by atoms with Crippen molar-refractivity contribution in [1.29, 1.82) is 0 Å². The summed E-state index contributed by atoms with van der Waals surface area (Å²) in [4.78, 5) is 7.28. The molecule has 5 heteroatoms. The SMILES string of the molecule is Fc1ccc2[nH]cc(CC3CCN(CCN4Sc5cccc6cccc4c56)CC3)c2c1. The van der Waals surface area contributed by atoms with E-state index in [0.717, 1.165) is 43.5 Å². The van der Waals surface area contributed by atoms with E-state index in [9.17, 15) is 4.39 Å². The summed E-state index contributed by atoms with van der Waals surface area (Å²) in [5.41, 5.74) is 3.65. The van der Waals surface area contributed by atoms with E-state index < -0.39 is 0 Å². The van der Waals surface area contributed by atoms with Crippen LogP contribution in [0.5, 0.6) is 0 Å². The highest BCUT2D eigenvalue weighted by Gasteiger charge is 2.24. The van der Waals surface area contributed by atoms with Crippen LogP contribution in [0, 0.1) is 11.7 Å². The number of aromatic amines is 1. The third kappa shape index (κ3) is 3.60. The van der Waals surface area contributed by atoms with E-state index >= 15 is 0 Å². The van der Waals surface area contributed by atoms with Crippen molar-refractivity contribution in [3.8, 4) is 0 Å². The third-order valence-corrected chi connectivity index (χ3v) is 8.02. The monoisotopic (exact) mass is 431 g/mol. The number of hydrogen-bond acceptors (Lipinski definition) is 3. The van der Waals surface area contributed by atoms with Crippen LogP contribution in [0.4, 0.5) is 10.1 Å². The van der Waals surface area contributed by atoms with Gasteiger partial charge in [-0.2, -0.15) is 0 Å². The Hall–Kier alpha value is -2.50. The van der Waals surface area contributed by atoms with Crippen LogP contribution >= 0.6 is 11.9 Å². The van der Waals surface area contributed by atoms with Crippen molar-refractivity contribution in [3.05, 3.63) is 72.2 Å². The molecule has 0 saturated carbocycles. The van der Waals surface area contributed by atoms with Crippen LogP contribution in [0.15, 0.2) is 65.7 Å². The molecule has 4 aromatic rings. The van der Waals surface area contributed by atoms with E-state index in [1.165, 1.54) is 45.8 Å². The van der Waals surface area contributed by atoms with Gasteiger partial charge in [-0.05, 0) is 91.5 Å². The summed E-state index contributed by atoms with van der Waals surface area (Å²) in [6.45, 7) is 4.45. The van der Waals surface area contributed by atoms with E-state index in [2.05, 4.69) is 56.8 Å². The van der Waals surface area contributed by atoms with Crippen molar-refractivity contribution in [1.82, 2.24) is 9.88 Å². The maximum Gasteiger partial charge on any atom is 0.123 e. The Morgan fingerprint density at radius 1 is 1.00 bits per heavy atom. The Balaban J connectivity index is 1.05. The van der Waals surface area contributed by atoms with Crippen molar-refractivity contribution in [2.45, 2.75) is 24.2 Å². The Kier molecular flexibility index (Phi) is 4.88. The predicted molar refractivity (Wildman–Crippen MR) is 128 cm³/mol. The number of hydrogen-bond donors (Lipinski definition) is 1. The number of aromatic nitrogens is 1. The van der Waals surface area contributed by atoms with Gasteiger partial charge in [-0.15, -0.1) is 0 Å². The first-order valence-corrected chi connectivity index (χ1v) is 12.0. The van der Waals surface area contributed by atoms with Crippen molar-refractivity contribution >= 4 is 39.3 Å². The topological polar surface area (TPSA) is 22.3 Å². The number of fused-ring (bicyclic) bond motifs is 1. The lowest BCUT2D eigenvalue weighted by molar-refractivity contribution is 0.189. The number of rotatable bonds is 5. The Morgan fingerprint density at radius 3 is 2.71 bits per heavy atom. The van der Waals surface area contributed by atoms with Gasteiger partial charge in [0, 0.05) is 40.5 Å². The summed E-state index contributed by atoms with van der Waals surface area (Å²) in [5.74, 6) is 0.526. The Bertz CT molecular complexity index is 1240. The smallest absolute Gasteiger partial charge is 0.123 e. The lowest BCUT2D eigenvalue weighted by Crippen LogP contribution is -2.38. The second-order valence-electron chi connectivity index (χ2n) is 8.82. The zero-order chi connectivity index (χ0) is 20.8. The number of benzene rings is 3.